The van der Waals surface area contributed by atoms with Crippen molar-refractivity contribution in [2.45, 2.75) is 32.6 Å². The molecule has 34 heavy (non-hydrogen) atoms. The third-order valence-electron chi connectivity index (χ3n) is 5.30. The van der Waals surface area contributed by atoms with E-state index in [1.165, 1.54) is 28.9 Å². The van der Waals surface area contributed by atoms with Gasteiger partial charge in [-0.3, -0.25) is 34.4 Å². The van der Waals surface area contributed by atoms with Crippen molar-refractivity contribution in [2.75, 3.05) is 5.32 Å². The molecule has 11 nitrogen and oxygen atoms in total. The molecule has 0 spiro atoms. The average molecular weight is 481 g/mol. The molecule has 1 N–H and O–H groups in total. The molecule has 2 aromatic carbocycles. The number of benzene rings is 2. The number of fused-ring (bicyclic) bond motifs is 1. The minimum absolute atomic E-state index is 0.0725. The Hall–Kier alpha value is -4.19. The maximum absolute atomic E-state index is 13.5. The van der Waals surface area contributed by atoms with E-state index in [1.807, 2.05) is 0 Å². The number of nitrogens with zero attached hydrogens (tertiary/aromatic N) is 4. The molecular weight excluding hydrogens is 462 g/mol. The summed E-state index contributed by atoms with van der Waals surface area (Å²) in [7, 11) is 0. The molecule has 0 fully saturated rings. The molecule has 1 aliphatic carbocycles. The maximum Gasteiger partial charge on any atom is 0.301 e. The van der Waals surface area contributed by atoms with Gasteiger partial charge in [-0.05, 0) is 56.0 Å². The van der Waals surface area contributed by atoms with Crippen molar-refractivity contribution in [3.05, 3.63) is 83.6 Å². The van der Waals surface area contributed by atoms with Crippen LogP contribution >= 0.6 is 11.3 Å². The molecule has 174 valence electrons. The maximum atomic E-state index is 13.5. The summed E-state index contributed by atoms with van der Waals surface area (Å²) in [6.45, 7) is 1.39. The highest BCUT2D eigenvalue weighted by Gasteiger charge is 2.24. The molecule has 0 atom stereocenters. The molecular formula is C22H19N5O6S. The van der Waals surface area contributed by atoms with E-state index in [9.17, 15) is 29.8 Å². The Morgan fingerprint density at radius 1 is 1.03 bits per heavy atom. The number of thiazole rings is 1. The Kier molecular flexibility index (Phi) is 6.32. The Morgan fingerprint density at radius 2 is 1.74 bits per heavy atom. The van der Waals surface area contributed by atoms with Gasteiger partial charge < -0.3 is 5.32 Å². The van der Waals surface area contributed by atoms with Crippen molar-refractivity contribution in [1.82, 2.24) is 4.57 Å². The van der Waals surface area contributed by atoms with Crippen molar-refractivity contribution >= 4 is 45.9 Å². The molecule has 0 bridgehead atoms. The van der Waals surface area contributed by atoms with Crippen LogP contribution in [-0.2, 0) is 17.6 Å². The van der Waals surface area contributed by atoms with Gasteiger partial charge in [-0.25, -0.2) is 4.99 Å². The van der Waals surface area contributed by atoms with Gasteiger partial charge in [-0.2, -0.15) is 0 Å². The molecule has 1 aromatic heterocycles. The number of hydrogen-bond acceptors (Lipinski definition) is 8. The van der Waals surface area contributed by atoms with E-state index in [-0.39, 0.29) is 22.3 Å². The minimum atomic E-state index is -0.730. The number of carbonyl (C=O) groups is 2. The summed E-state index contributed by atoms with van der Waals surface area (Å²) < 4.78 is 1.47. The minimum Gasteiger partial charge on any atom is -0.326 e. The molecule has 0 radical (unpaired) electrons. The number of anilines is 1. The highest BCUT2D eigenvalue weighted by molar-refractivity contribution is 7.09. The number of nitro groups is 2. The summed E-state index contributed by atoms with van der Waals surface area (Å²) in [6.07, 6.45) is 3.30. The molecule has 0 saturated carbocycles. The first kappa shape index (κ1) is 23.0. The van der Waals surface area contributed by atoms with Crippen molar-refractivity contribution in [3.63, 3.8) is 0 Å². The summed E-state index contributed by atoms with van der Waals surface area (Å²) in [4.78, 5) is 51.5. The van der Waals surface area contributed by atoms with Crippen LogP contribution in [-0.4, -0.2) is 26.2 Å². The van der Waals surface area contributed by atoms with E-state index in [4.69, 9.17) is 0 Å². The lowest BCUT2D eigenvalue weighted by Gasteiger charge is -2.14. The van der Waals surface area contributed by atoms with E-state index in [0.717, 1.165) is 42.0 Å². The number of aromatic nitrogens is 1. The molecule has 0 aliphatic heterocycles. The first-order valence-corrected chi connectivity index (χ1v) is 11.2. The van der Waals surface area contributed by atoms with Gasteiger partial charge >= 0.3 is 5.69 Å². The fourth-order valence-electron chi connectivity index (χ4n) is 3.76. The predicted molar refractivity (Wildman–Crippen MR) is 124 cm³/mol. The topological polar surface area (TPSA) is 150 Å². The van der Waals surface area contributed by atoms with Gasteiger partial charge in [0.05, 0.1) is 15.9 Å². The normalized spacial score (nSPS) is 13.3. The highest BCUT2D eigenvalue weighted by atomic mass is 32.1. The van der Waals surface area contributed by atoms with Crippen LogP contribution in [0.4, 0.5) is 22.7 Å². The third kappa shape index (κ3) is 4.62. The fraction of sp³-hybridized carbons (Fsp3) is 0.227. The number of rotatable bonds is 5. The Morgan fingerprint density at radius 3 is 2.38 bits per heavy atom. The fourth-order valence-corrected chi connectivity index (χ4v) is 4.97. The van der Waals surface area contributed by atoms with Crippen molar-refractivity contribution < 1.29 is 19.4 Å². The summed E-state index contributed by atoms with van der Waals surface area (Å²) in [5.74, 6) is -0.580. The van der Waals surface area contributed by atoms with Gasteiger partial charge in [0.1, 0.15) is 5.69 Å². The van der Waals surface area contributed by atoms with Gasteiger partial charge in [0.15, 0.2) is 4.80 Å². The molecule has 3 aromatic rings. The van der Waals surface area contributed by atoms with E-state index in [0.29, 0.717) is 17.7 Å². The lowest BCUT2D eigenvalue weighted by Crippen LogP contribution is -2.26. The first-order chi connectivity index (χ1) is 16.2. The van der Waals surface area contributed by atoms with Crippen LogP contribution in [0.3, 0.4) is 0 Å². The van der Waals surface area contributed by atoms with Gasteiger partial charge in [-0.1, -0.05) is 0 Å². The Bertz CT molecular complexity index is 1390. The van der Waals surface area contributed by atoms with Crippen LogP contribution in [0.1, 0.15) is 40.7 Å². The summed E-state index contributed by atoms with van der Waals surface area (Å²) in [6, 6.07) is 9.63. The Labute approximate surface area is 196 Å². The number of aryl methyl sites for hydroxylation is 1. The van der Waals surface area contributed by atoms with E-state index in [2.05, 4.69) is 10.3 Å². The van der Waals surface area contributed by atoms with Gasteiger partial charge in [-0.15, -0.1) is 11.3 Å². The van der Waals surface area contributed by atoms with Gasteiger partial charge in [0.25, 0.3) is 11.6 Å². The van der Waals surface area contributed by atoms with Gasteiger partial charge in [0.2, 0.25) is 5.91 Å². The molecule has 1 aliphatic rings. The first-order valence-electron chi connectivity index (χ1n) is 10.4. The molecule has 0 saturated heterocycles. The zero-order valence-corrected chi connectivity index (χ0v) is 18.8. The van der Waals surface area contributed by atoms with Crippen molar-refractivity contribution in [2.24, 2.45) is 4.99 Å². The zero-order chi connectivity index (χ0) is 24.4. The van der Waals surface area contributed by atoms with Crippen molar-refractivity contribution in [3.8, 4) is 0 Å². The molecule has 0 unspecified atom stereocenters. The monoisotopic (exact) mass is 481 g/mol. The number of hydrogen-bond donors (Lipinski definition) is 1. The van der Waals surface area contributed by atoms with Crippen LogP contribution < -0.4 is 10.1 Å². The SMILES string of the molecule is CC(=O)Nc1ccc(C(=O)n2c3c(sc2=Nc2ccc([N+](=O)[O-])cc2[N+](=O)[O-])CCCC3)cc1. The second-order valence-corrected chi connectivity index (χ2v) is 8.72. The number of carbonyl (C=O) groups excluding carboxylic acids is 2. The highest BCUT2D eigenvalue weighted by Crippen LogP contribution is 2.32. The number of nitrogens with one attached hydrogen (secondary N) is 1. The van der Waals surface area contributed by atoms with E-state index < -0.39 is 21.2 Å². The van der Waals surface area contributed by atoms with Crippen molar-refractivity contribution in [1.29, 1.82) is 0 Å². The molecule has 1 amide bonds. The quantitative estimate of drug-likeness (QED) is 0.428. The molecule has 4 rings (SSSR count). The largest absolute Gasteiger partial charge is 0.326 e. The summed E-state index contributed by atoms with van der Waals surface area (Å²) >= 11 is 1.28. The zero-order valence-electron chi connectivity index (χ0n) is 18.0. The second-order valence-electron chi connectivity index (χ2n) is 7.66. The van der Waals surface area contributed by atoms with Crippen LogP contribution in [0.15, 0.2) is 47.5 Å². The standard InChI is InChI=1S/C22H19N5O6S/c1-13(28)23-15-8-6-14(7-9-15)21(29)25-18-4-2-3-5-20(18)34-22(25)24-17-11-10-16(26(30)31)12-19(17)27(32)33/h6-12H,2-5H2,1H3,(H,23,28). The molecule has 12 heteroatoms. The van der Waals surface area contributed by atoms with Gasteiger partial charge in [0, 0.05) is 34.8 Å². The second kappa shape index (κ2) is 9.35. The third-order valence-corrected chi connectivity index (χ3v) is 6.45. The predicted octanol–water partition coefficient (Wildman–Crippen LogP) is 4.12. The average Bonchev–Trinajstić information content (AvgIpc) is 3.16. The Balaban J connectivity index is 1.84. The van der Waals surface area contributed by atoms with E-state index in [1.54, 1.807) is 24.3 Å². The lowest BCUT2D eigenvalue weighted by atomic mass is 10.0. The smallest absolute Gasteiger partial charge is 0.301 e. The summed E-state index contributed by atoms with van der Waals surface area (Å²) in [5, 5.41) is 25.2. The van der Waals surface area contributed by atoms with Crippen LogP contribution in [0.25, 0.3) is 0 Å². The summed E-state index contributed by atoms with van der Waals surface area (Å²) in [5.41, 5.74) is 0.721. The number of non-ortho nitro benzene ring substituents is 1. The molecule has 1 heterocycles. The van der Waals surface area contributed by atoms with Crippen LogP contribution in [0.5, 0.6) is 0 Å². The van der Waals surface area contributed by atoms with E-state index >= 15 is 0 Å². The number of amides is 1. The van der Waals surface area contributed by atoms with Crippen LogP contribution in [0, 0.1) is 20.2 Å². The van der Waals surface area contributed by atoms with Crippen LogP contribution in [0.2, 0.25) is 0 Å². The number of nitro benzene ring substituents is 2. The lowest BCUT2D eigenvalue weighted by molar-refractivity contribution is -0.393.